The van der Waals surface area contributed by atoms with Gasteiger partial charge in [-0.1, -0.05) is 12.1 Å². The molecule has 1 saturated heterocycles. The van der Waals surface area contributed by atoms with Gasteiger partial charge >= 0.3 is 7.12 Å². The van der Waals surface area contributed by atoms with Gasteiger partial charge in [0, 0.05) is 11.0 Å². The summed E-state index contributed by atoms with van der Waals surface area (Å²) in [5.74, 6) is -2.10. The molecule has 1 aliphatic heterocycles. The number of benzene rings is 1. The zero-order valence-electron chi connectivity index (χ0n) is 11.5. The van der Waals surface area contributed by atoms with Gasteiger partial charge < -0.3 is 14.4 Å². The van der Waals surface area contributed by atoms with E-state index in [4.69, 9.17) is 14.4 Å². The molecule has 1 aromatic rings. The molecular weight excluding hydrogens is 253 g/mol. The molecule has 3 nitrogen and oxygen atoms in total. The van der Waals surface area contributed by atoms with Gasteiger partial charge in [0.05, 0.1) is 17.8 Å². The minimum absolute atomic E-state index is 0.00773. The lowest BCUT2D eigenvalue weighted by molar-refractivity contribution is 0.00578. The largest absolute Gasteiger partial charge is 0.497 e. The van der Waals surface area contributed by atoms with Gasteiger partial charge in [0.1, 0.15) is 0 Å². The van der Waals surface area contributed by atoms with E-state index in [0.29, 0.717) is 0 Å². The standard InChI is InChI=1S/C13H17BF2O3/c1-12(2)13(3,4)19-14(18-12)9-6-5-8(7-17)10(15)11(9)16/h5-6,17H,7H2,1-4H3. The Bertz CT molecular complexity index is 487. The van der Waals surface area contributed by atoms with Crippen molar-refractivity contribution in [2.24, 2.45) is 0 Å². The maximum absolute atomic E-state index is 14.0. The highest BCUT2D eigenvalue weighted by Crippen LogP contribution is 2.36. The van der Waals surface area contributed by atoms with Crippen molar-refractivity contribution < 1.29 is 23.2 Å². The number of hydrogen-bond acceptors (Lipinski definition) is 3. The van der Waals surface area contributed by atoms with Crippen molar-refractivity contribution >= 4 is 12.6 Å². The molecule has 0 radical (unpaired) electrons. The summed E-state index contributed by atoms with van der Waals surface area (Å²) in [6.07, 6.45) is 0. The highest BCUT2D eigenvalue weighted by molar-refractivity contribution is 6.62. The zero-order valence-corrected chi connectivity index (χ0v) is 11.5. The molecule has 104 valence electrons. The van der Waals surface area contributed by atoms with Gasteiger partial charge in [0.15, 0.2) is 11.6 Å². The van der Waals surface area contributed by atoms with Crippen molar-refractivity contribution in [2.75, 3.05) is 0 Å². The second kappa shape index (κ2) is 4.54. The summed E-state index contributed by atoms with van der Waals surface area (Å²) in [6.45, 7) is 6.80. The first-order chi connectivity index (χ1) is 8.69. The summed E-state index contributed by atoms with van der Waals surface area (Å²) >= 11 is 0. The summed E-state index contributed by atoms with van der Waals surface area (Å²) in [5, 5.41) is 8.90. The number of aliphatic hydroxyl groups excluding tert-OH is 1. The molecule has 1 aromatic carbocycles. The van der Waals surface area contributed by atoms with E-state index in [1.165, 1.54) is 12.1 Å². The van der Waals surface area contributed by atoms with Gasteiger partial charge in [-0.05, 0) is 27.7 Å². The van der Waals surface area contributed by atoms with Gasteiger partial charge in [0.25, 0.3) is 0 Å². The van der Waals surface area contributed by atoms with Crippen molar-refractivity contribution in [2.45, 2.75) is 45.5 Å². The van der Waals surface area contributed by atoms with Crippen LogP contribution in [-0.2, 0) is 15.9 Å². The summed E-state index contributed by atoms with van der Waals surface area (Å²) in [5.41, 5.74) is -1.31. The first-order valence-corrected chi connectivity index (χ1v) is 6.13. The van der Waals surface area contributed by atoms with Gasteiger partial charge in [0.2, 0.25) is 0 Å². The van der Waals surface area contributed by atoms with Gasteiger partial charge in [-0.3, -0.25) is 0 Å². The van der Waals surface area contributed by atoms with Crippen molar-refractivity contribution in [1.29, 1.82) is 0 Å². The SMILES string of the molecule is CC1(C)OB(c2ccc(CO)c(F)c2F)OC1(C)C. The van der Waals surface area contributed by atoms with E-state index in [0.717, 1.165) is 0 Å². The monoisotopic (exact) mass is 270 g/mol. The molecule has 0 aliphatic carbocycles. The van der Waals surface area contributed by atoms with Crippen LogP contribution in [0.3, 0.4) is 0 Å². The topological polar surface area (TPSA) is 38.7 Å². The predicted molar refractivity (Wildman–Crippen MR) is 68.0 cm³/mol. The van der Waals surface area contributed by atoms with Crippen LogP contribution >= 0.6 is 0 Å². The maximum atomic E-state index is 14.0. The molecule has 0 bridgehead atoms. The van der Waals surface area contributed by atoms with E-state index >= 15 is 0 Å². The number of halogens is 2. The van der Waals surface area contributed by atoms with Crippen LogP contribution in [0.25, 0.3) is 0 Å². The van der Waals surface area contributed by atoms with Crippen molar-refractivity contribution in [3.63, 3.8) is 0 Å². The molecule has 1 fully saturated rings. The molecule has 0 saturated carbocycles. The molecule has 0 unspecified atom stereocenters. The highest BCUT2D eigenvalue weighted by Gasteiger charge is 2.52. The number of aliphatic hydroxyl groups is 1. The molecule has 1 N–H and O–H groups in total. The van der Waals surface area contributed by atoms with E-state index in [1.54, 1.807) is 0 Å². The summed E-state index contributed by atoms with van der Waals surface area (Å²) in [6, 6.07) is 2.71. The van der Waals surface area contributed by atoms with E-state index in [9.17, 15) is 8.78 Å². The number of hydrogen-bond donors (Lipinski definition) is 1. The van der Waals surface area contributed by atoms with Gasteiger partial charge in [-0.15, -0.1) is 0 Å². The predicted octanol–water partition coefficient (Wildman–Crippen LogP) is 1.76. The average Bonchev–Trinajstić information content (AvgIpc) is 2.51. The Morgan fingerprint density at radius 1 is 1.05 bits per heavy atom. The van der Waals surface area contributed by atoms with Crippen molar-refractivity contribution in [1.82, 2.24) is 0 Å². The van der Waals surface area contributed by atoms with Crippen molar-refractivity contribution in [3.05, 3.63) is 29.3 Å². The summed E-state index contributed by atoms with van der Waals surface area (Å²) < 4.78 is 38.9. The zero-order chi connectivity index (χ0) is 14.4. The van der Waals surface area contributed by atoms with Crippen LogP contribution in [0.4, 0.5) is 8.78 Å². The smallest absolute Gasteiger partial charge is 0.399 e. The average molecular weight is 270 g/mol. The Balaban J connectivity index is 2.38. The molecular formula is C13H17BF2O3. The Hall–Kier alpha value is -0.975. The maximum Gasteiger partial charge on any atom is 0.497 e. The van der Waals surface area contributed by atoms with Gasteiger partial charge in [-0.2, -0.15) is 0 Å². The van der Waals surface area contributed by atoms with E-state index in [2.05, 4.69) is 0 Å². The second-order valence-electron chi connectivity index (χ2n) is 5.69. The Morgan fingerprint density at radius 2 is 1.58 bits per heavy atom. The minimum Gasteiger partial charge on any atom is -0.399 e. The quantitative estimate of drug-likeness (QED) is 0.832. The third-order valence-corrected chi connectivity index (χ3v) is 3.87. The van der Waals surface area contributed by atoms with Gasteiger partial charge in [-0.25, -0.2) is 8.78 Å². The van der Waals surface area contributed by atoms with Crippen LogP contribution in [0.5, 0.6) is 0 Å². The fourth-order valence-corrected chi connectivity index (χ4v) is 1.88. The Kier molecular flexibility index (Phi) is 3.45. The third kappa shape index (κ3) is 2.28. The lowest BCUT2D eigenvalue weighted by Gasteiger charge is -2.32. The highest BCUT2D eigenvalue weighted by atomic mass is 19.2. The summed E-state index contributed by atoms with van der Waals surface area (Å²) in [4.78, 5) is 0. The molecule has 1 heterocycles. The molecule has 19 heavy (non-hydrogen) atoms. The molecule has 0 aromatic heterocycles. The van der Waals surface area contributed by atoms with Crippen LogP contribution < -0.4 is 5.46 Å². The third-order valence-electron chi connectivity index (χ3n) is 3.87. The van der Waals surface area contributed by atoms with E-state index in [-0.39, 0.29) is 11.0 Å². The molecule has 2 rings (SSSR count). The fraction of sp³-hybridized carbons (Fsp3) is 0.538. The van der Waals surface area contributed by atoms with Crippen LogP contribution in [0.1, 0.15) is 33.3 Å². The van der Waals surface area contributed by atoms with Crippen LogP contribution in [0, 0.1) is 11.6 Å². The van der Waals surface area contributed by atoms with Crippen LogP contribution in [0.15, 0.2) is 12.1 Å². The molecule has 6 heteroatoms. The second-order valence-corrected chi connectivity index (χ2v) is 5.69. The minimum atomic E-state index is -1.06. The number of rotatable bonds is 2. The molecule has 0 atom stereocenters. The summed E-state index contributed by atoms with van der Waals surface area (Å²) in [7, 11) is -0.952. The fourth-order valence-electron chi connectivity index (χ4n) is 1.88. The van der Waals surface area contributed by atoms with E-state index < -0.39 is 36.6 Å². The van der Waals surface area contributed by atoms with Crippen LogP contribution in [0.2, 0.25) is 0 Å². The molecule has 0 spiro atoms. The Labute approximate surface area is 111 Å². The Morgan fingerprint density at radius 3 is 2.05 bits per heavy atom. The molecule has 0 amide bonds. The van der Waals surface area contributed by atoms with E-state index in [1.807, 2.05) is 27.7 Å². The molecule has 1 aliphatic rings. The van der Waals surface area contributed by atoms with Crippen molar-refractivity contribution in [3.8, 4) is 0 Å². The first-order valence-electron chi connectivity index (χ1n) is 6.13. The lowest BCUT2D eigenvalue weighted by atomic mass is 9.78. The lowest BCUT2D eigenvalue weighted by Crippen LogP contribution is -2.41. The van der Waals surface area contributed by atoms with Crippen LogP contribution in [-0.4, -0.2) is 23.4 Å². The normalized spacial score (nSPS) is 20.9. The first kappa shape index (κ1) is 14.4.